The first-order valence-electron chi connectivity index (χ1n) is 8.55. The number of aliphatic carboxylic acids is 1. The Morgan fingerprint density at radius 1 is 1.07 bits per heavy atom. The number of para-hydroxylation sites is 1. The fourth-order valence-electron chi connectivity index (χ4n) is 2.80. The highest BCUT2D eigenvalue weighted by molar-refractivity contribution is 7.18. The summed E-state index contributed by atoms with van der Waals surface area (Å²) in [5.74, 6) is -2.18. The molecule has 0 aliphatic carbocycles. The third-order valence-corrected chi connectivity index (χ3v) is 5.40. The van der Waals surface area contributed by atoms with Crippen molar-refractivity contribution in [2.45, 2.75) is 13.5 Å². The van der Waals surface area contributed by atoms with Gasteiger partial charge in [0, 0.05) is 22.7 Å². The maximum atomic E-state index is 11.6. The Kier molecular flexibility index (Phi) is 5.96. The largest absolute Gasteiger partial charge is 0.480 e. The summed E-state index contributed by atoms with van der Waals surface area (Å²) in [7, 11) is 0. The first-order valence-corrected chi connectivity index (χ1v) is 9.37. The van der Waals surface area contributed by atoms with Crippen LogP contribution in [0.2, 0.25) is 0 Å². The normalized spacial score (nSPS) is 10.5. The van der Waals surface area contributed by atoms with Crippen molar-refractivity contribution in [2.75, 3.05) is 11.9 Å². The maximum Gasteiger partial charge on any atom is 0.349 e. The molecule has 1 heterocycles. The van der Waals surface area contributed by atoms with Crippen molar-refractivity contribution >= 4 is 29.0 Å². The number of nitrogens with one attached hydrogen (secondary N) is 1. The molecule has 28 heavy (non-hydrogen) atoms. The highest BCUT2D eigenvalue weighted by Crippen LogP contribution is 2.41. The van der Waals surface area contributed by atoms with Gasteiger partial charge in [0.15, 0.2) is 11.5 Å². The Hall–Kier alpha value is -3.32. The molecule has 0 radical (unpaired) electrons. The lowest BCUT2D eigenvalue weighted by molar-refractivity contribution is -0.139. The number of carbonyl (C=O) groups is 2. The zero-order valence-corrected chi connectivity index (χ0v) is 16.0. The second kappa shape index (κ2) is 8.58. The number of benzene rings is 2. The van der Waals surface area contributed by atoms with Crippen LogP contribution in [-0.4, -0.2) is 28.8 Å². The second-order valence-corrected chi connectivity index (χ2v) is 7.14. The van der Waals surface area contributed by atoms with Crippen LogP contribution in [0.5, 0.6) is 5.75 Å². The number of carboxylic acids is 2. The summed E-state index contributed by atoms with van der Waals surface area (Å²) < 4.78 is 5.25. The third kappa shape index (κ3) is 4.50. The number of hydrogen-bond donors (Lipinski definition) is 3. The van der Waals surface area contributed by atoms with Crippen LogP contribution in [0.1, 0.15) is 20.8 Å². The molecule has 0 bridgehead atoms. The van der Waals surface area contributed by atoms with E-state index >= 15 is 0 Å². The first kappa shape index (κ1) is 19.4. The molecule has 0 fully saturated rings. The smallest absolute Gasteiger partial charge is 0.349 e. The van der Waals surface area contributed by atoms with E-state index in [-0.39, 0.29) is 10.6 Å². The molecule has 1 aromatic heterocycles. The van der Waals surface area contributed by atoms with Crippen molar-refractivity contribution in [3.8, 4) is 16.2 Å². The second-order valence-electron chi connectivity index (χ2n) is 6.12. The highest BCUT2D eigenvalue weighted by atomic mass is 32.1. The standard InChI is InChI=1S/C21H19NO5S/c1-13-18(27-12-17(23)24)20(21(25)26)28-19(13)15-7-5-6-14(10-15)11-22-16-8-3-2-4-9-16/h2-10,22H,11-12H2,1H3,(H,23,24)(H,25,26). The number of aromatic carboxylic acids is 1. The summed E-state index contributed by atoms with van der Waals surface area (Å²) in [6.45, 7) is 1.78. The van der Waals surface area contributed by atoms with Crippen molar-refractivity contribution in [3.63, 3.8) is 0 Å². The molecular formula is C21H19NO5S. The summed E-state index contributed by atoms with van der Waals surface area (Å²) in [6, 6.07) is 17.6. The van der Waals surface area contributed by atoms with Crippen LogP contribution >= 0.6 is 11.3 Å². The van der Waals surface area contributed by atoms with Crippen molar-refractivity contribution < 1.29 is 24.5 Å². The molecule has 144 valence electrons. The summed E-state index contributed by atoms with van der Waals surface area (Å²) in [6.07, 6.45) is 0. The van der Waals surface area contributed by atoms with Crippen LogP contribution in [0.25, 0.3) is 10.4 Å². The molecule has 0 unspecified atom stereocenters. The van der Waals surface area contributed by atoms with E-state index in [9.17, 15) is 14.7 Å². The van der Waals surface area contributed by atoms with Gasteiger partial charge in [0.1, 0.15) is 5.75 Å². The van der Waals surface area contributed by atoms with E-state index in [0.717, 1.165) is 33.0 Å². The van der Waals surface area contributed by atoms with E-state index in [1.165, 1.54) is 0 Å². The molecule has 6 nitrogen and oxygen atoms in total. The van der Waals surface area contributed by atoms with Gasteiger partial charge in [-0.3, -0.25) is 0 Å². The van der Waals surface area contributed by atoms with Gasteiger partial charge in [-0.2, -0.15) is 0 Å². The molecule has 7 heteroatoms. The number of ether oxygens (including phenoxy) is 1. The molecule has 3 rings (SSSR count). The van der Waals surface area contributed by atoms with Gasteiger partial charge in [-0.1, -0.05) is 36.4 Å². The monoisotopic (exact) mass is 397 g/mol. The summed E-state index contributed by atoms with van der Waals surface area (Å²) in [4.78, 5) is 23.1. The van der Waals surface area contributed by atoms with Gasteiger partial charge >= 0.3 is 11.9 Å². The number of anilines is 1. The Morgan fingerprint density at radius 2 is 1.82 bits per heavy atom. The fraction of sp³-hybridized carbons (Fsp3) is 0.143. The van der Waals surface area contributed by atoms with E-state index in [0.29, 0.717) is 12.1 Å². The lowest BCUT2D eigenvalue weighted by Gasteiger charge is -2.08. The molecule has 0 aliphatic rings. The minimum Gasteiger partial charge on any atom is -0.480 e. The van der Waals surface area contributed by atoms with Gasteiger partial charge in [-0.25, -0.2) is 9.59 Å². The average molecular weight is 397 g/mol. The summed E-state index contributed by atoms with van der Waals surface area (Å²) in [5, 5.41) is 21.6. The van der Waals surface area contributed by atoms with Gasteiger partial charge in [0.25, 0.3) is 0 Å². The third-order valence-electron chi connectivity index (χ3n) is 4.09. The van der Waals surface area contributed by atoms with Crippen molar-refractivity contribution in [1.82, 2.24) is 0 Å². The van der Waals surface area contributed by atoms with E-state index in [1.54, 1.807) is 6.92 Å². The maximum absolute atomic E-state index is 11.6. The van der Waals surface area contributed by atoms with Crippen molar-refractivity contribution in [1.29, 1.82) is 0 Å². The molecule has 0 saturated heterocycles. The van der Waals surface area contributed by atoms with Crippen LogP contribution in [0, 0.1) is 6.92 Å². The molecular weight excluding hydrogens is 378 g/mol. The van der Waals surface area contributed by atoms with Crippen LogP contribution < -0.4 is 10.1 Å². The quantitative estimate of drug-likeness (QED) is 0.518. The molecule has 3 N–H and O–H groups in total. The molecule has 2 aromatic carbocycles. The number of rotatable bonds is 8. The van der Waals surface area contributed by atoms with Crippen LogP contribution in [0.4, 0.5) is 5.69 Å². The SMILES string of the molecule is Cc1c(-c2cccc(CNc3ccccc3)c2)sc(C(=O)O)c1OCC(=O)O. The Labute approximate surface area is 166 Å². The van der Waals surface area contributed by atoms with E-state index < -0.39 is 18.5 Å². The Bertz CT molecular complexity index is 997. The predicted molar refractivity (Wildman–Crippen MR) is 108 cm³/mol. The zero-order chi connectivity index (χ0) is 20.1. The zero-order valence-electron chi connectivity index (χ0n) is 15.1. The summed E-state index contributed by atoms with van der Waals surface area (Å²) in [5.41, 5.74) is 3.54. The average Bonchev–Trinajstić information content (AvgIpc) is 3.02. The lowest BCUT2D eigenvalue weighted by atomic mass is 10.1. The lowest BCUT2D eigenvalue weighted by Crippen LogP contribution is -2.11. The first-order chi connectivity index (χ1) is 13.5. The fourth-order valence-corrected chi connectivity index (χ4v) is 3.89. The van der Waals surface area contributed by atoms with Crippen LogP contribution in [0.3, 0.4) is 0 Å². The van der Waals surface area contributed by atoms with Gasteiger partial charge in [0.05, 0.1) is 0 Å². The van der Waals surface area contributed by atoms with Gasteiger partial charge in [-0.15, -0.1) is 11.3 Å². The van der Waals surface area contributed by atoms with Crippen LogP contribution in [-0.2, 0) is 11.3 Å². The van der Waals surface area contributed by atoms with E-state index in [2.05, 4.69) is 5.32 Å². The molecule has 0 amide bonds. The molecule has 0 aliphatic heterocycles. The van der Waals surface area contributed by atoms with Crippen molar-refractivity contribution in [2.24, 2.45) is 0 Å². The molecule has 0 spiro atoms. The van der Waals surface area contributed by atoms with E-state index in [4.69, 9.17) is 9.84 Å². The highest BCUT2D eigenvalue weighted by Gasteiger charge is 2.23. The Balaban J connectivity index is 1.87. The number of thiophene rings is 1. The van der Waals surface area contributed by atoms with Gasteiger partial charge < -0.3 is 20.3 Å². The van der Waals surface area contributed by atoms with E-state index in [1.807, 2.05) is 54.6 Å². The van der Waals surface area contributed by atoms with Crippen molar-refractivity contribution in [3.05, 3.63) is 70.6 Å². The number of hydrogen-bond acceptors (Lipinski definition) is 5. The molecule has 0 saturated carbocycles. The molecule has 0 atom stereocenters. The number of carboxylic acid groups (broad SMARTS) is 2. The van der Waals surface area contributed by atoms with Gasteiger partial charge in [0.2, 0.25) is 0 Å². The topological polar surface area (TPSA) is 95.9 Å². The minimum absolute atomic E-state index is 0.00145. The van der Waals surface area contributed by atoms with Gasteiger partial charge in [-0.05, 0) is 36.2 Å². The predicted octanol–water partition coefficient (Wildman–Crippen LogP) is 4.50. The van der Waals surface area contributed by atoms with Crippen LogP contribution in [0.15, 0.2) is 54.6 Å². The molecule has 3 aromatic rings. The Morgan fingerprint density at radius 3 is 2.50 bits per heavy atom. The summed E-state index contributed by atoms with van der Waals surface area (Å²) >= 11 is 1.08. The minimum atomic E-state index is -1.16.